The number of hydrogen-bond donors (Lipinski definition) is 3. The van der Waals surface area contributed by atoms with E-state index in [1.54, 1.807) is 18.2 Å². The summed E-state index contributed by atoms with van der Waals surface area (Å²) in [6.45, 7) is 0.915. The molecule has 3 heterocycles. The van der Waals surface area contributed by atoms with E-state index in [0.717, 1.165) is 16.2 Å². The first-order chi connectivity index (χ1) is 17.7. The maximum Gasteiger partial charge on any atom is 0.365 e. The van der Waals surface area contributed by atoms with Crippen LogP contribution in [-0.2, 0) is 28.8 Å². The standard InChI is InChI=1S/C22H19N5O8S2/c1-10(28)34-7-12-8-36-19-15(18(30)27(19)16(12)20(31)32)25-17(29)14(13-9-37-22(23)24-13)26-35-21(33)11-5-3-2-4-6-11/h2-6,9,15,19H,7-8H2,1H3,(H2,23,24)(H,25,29)(H,31,32)/t15?,19-/m1/s1. The topological polar surface area (TPSA) is 191 Å². The molecular weight excluding hydrogens is 526 g/mol. The van der Waals surface area contributed by atoms with Gasteiger partial charge in [0.05, 0.1) is 5.56 Å². The van der Waals surface area contributed by atoms with E-state index in [1.807, 2.05) is 0 Å². The third-order valence-corrected chi connectivity index (χ3v) is 7.21. The van der Waals surface area contributed by atoms with E-state index in [1.165, 1.54) is 36.2 Å². The molecule has 4 rings (SSSR count). The molecule has 37 heavy (non-hydrogen) atoms. The zero-order valence-electron chi connectivity index (χ0n) is 19.1. The van der Waals surface area contributed by atoms with Crippen molar-refractivity contribution in [2.24, 2.45) is 5.16 Å². The largest absolute Gasteiger partial charge is 0.477 e. The molecule has 1 aromatic carbocycles. The number of carbonyl (C=O) groups excluding carboxylic acids is 4. The summed E-state index contributed by atoms with van der Waals surface area (Å²) in [6, 6.07) is 6.88. The number of hydrogen-bond acceptors (Lipinski definition) is 12. The smallest absolute Gasteiger partial charge is 0.365 e. The quantitative estimate of drug-likeness (QED) is 0.138. The van der Waals surface area contributed by atoms with Crippen molar-refractivity contribution in [1.82, 2.24) is 15.2 Å². The number of nitrogens with one attached hydrogen (secondary N) is 1. The highest BCUT2D eigenvalue weighted by atomic mass is 32.2. The molecule has 0 spiro atoms. The molecule has 192 valence electrons. The van der Waals surface area contributed by atoms with Gasteiger partial charge in [-0.05, 0) is 12.1 Å². The molecule has 2 aromatic rings. The molecule has 2 atom stereocenters. The number of aliphatic carboxylic acids is 1. The van der Waals surface area contributed by atoms with Gasteiger partial charge in [0.25, 0.3) is 11.8 Å². The first-order valence-electron chi connectivity index (χ1n) is 10.6. The number of thioether (sulfide) groups is 1. The molecule has 13 nitrogen and oxygen atoms in total. The summed E-state index contributed by atoms with van der Waals surface area (Å²) in [5, 5.41) is 16.7. The highest BCUT2D eigenvalue weighted by molar-refractivity contribution is 8.00. The van der Waals surface area contributed by atoms with Gasteiger partial charge < -0.3 is 25.7 Å². The number of benzene rings is 1. The van der Waals surface area contributed by atoms with Gasteiger partial charge in [0.15, 0.2) is 10.8 Å². The number of nitrogen functional groups attached to an aromatic ring is 1. The van der Waals surface area contributed by atoms with Crippen LogP contribution in [0.1, 0.15) is 23.0 Å². The minimum Gasteiger partial charge on any atom is -0.477 e. The Morgan fingerprint density at radius 2 is 2.00 bits per heavy atom. The van der Waals surface area contributed by atoms with E-state index in [-0.39, 0.29) is 40.0 Å². The second-order valence-electron chi connectivity index (χ2n) is 7.65. The summed E-state index contributed by atoms with van der Waals surface area (Å²) in [6.07, 6.45) is 0. The highest BCUT2D eigenvalue weighted by Crippen LogP contribution is 2.40. The van der Waals surface area contributed by atoms with Crippen LogP contribution in [0.15, 0.2) is 52.1 Å². The summed E-state index contributed by atoms with van der Waals surface area (Å²) in [5.74, 6) is -4.17. The van der Waals surface area contributed by atoms with E-state index >= 15 is 0 Å². The van der Waals surface area contributed by atoms with E-state index < -0.39 is 46.8 Å². The number of fused-ring (bicyclic) bond motifs is 1. The summed E-state index contributed by atoms with van der Waals surface area (Å²) in [4.78, 5) is 71.3. The molecule has 4 N–H and O–H groups in total. The predicted molar refractivity (Wildman–Crippen MR) is 131 cm³/mol. The Labute approximate surface area is 217 Å². The van der Waals surface area contributed by atoms with E-state index in [0.29, 0.717) is 0 Å². The van der Waals surface area contributed by atoms with Crippen LogP contribution in [0.5, 0.6) is 0 Å². The monoisotopic (exact) mass is 545 g/mol. The van der Waals surface area contributed by atoms with Crippen LogP contribution in [0.25, 0.3) is 0 Å². The lowest BCUT2D eigenvalue weighted by Crippen LogP contribution is -2.71. The second-order valence-corrected chi connectivity index (χ2v) is 9.65. The Morgan fingerprint density at radius 1 is 1.27 bits per heavy atom. The normalized spacial score (nSPS) is 19.0. The number of carboxylic acid groups (broad SMARTS) is 1. The number of carboxylic acids is 1. The maximum absolute atomic E-state index is 13.1. The molecule has 0 saturated carbocycles. The third kappa shape index (κ3) is 5.46. The Morgan fingerprint density at radius 3 is 2.62 bits per heavy atom. The molecule has 2 aliphatic heterocycles. The second kappa shape index (κ2) is 10.8. The molecule has 0 aliphatic carbocycles. The number of nitrogens with two attached hydrogens (primary N) is 1. The van der Waals surface area contributed by atoms with Gasteiger partial charge in [-0.1, -0.05) is 23.4 Å². The average molecular weight is 546 g/mol. The van der Waals surface area contributed by atoms with Crippen molar-refractivity contribution in [1.29, 1.82) is 0 Å². The summed E-state index contributed by atoms with van der Waals surface area (Å²) < 4.78 is 4.90. The fraction of sp³-hybridized carbons (Fsp3) is 0.227. The Kier molecular flexibility index (Phi) is 7.54. The van der Waals surface area contributed by atoms with Crippen molar-refractivity contribution in [2.75, 3.05) is 18.1 Å². The van der Waals surface area contributed by atoms with Crippen LogP contribution in [0, 0.1) is 0 Å². The van der Waals surface area contributed by atoms with Gasteiger partial charge in [0, 0.05) is 23.6 Å². The maximum atomic E-state index is 13.1. The van der Waals surface area contributed by atoms with Crippen molar-refractivity contribution < 1.29 is 38.7 Å². The lowest BCUT2D eigenvalue weighted by molar-refractivity contribution is -0.150. The summed E-state index contributed by atoms with van der Waals surface area (Å²) in [5.41, 5.74) is 5.46. The number of esters is 1. The van der Waals surface area contributed by atoms with E-state index in [4.69, 9.17) is 15.3 Å². The average Bonchev–Trinajstić information content (AvgIpc) is 3.31. The van der Waals surface area contributed by atoms with Crippen molar-refractivity contribution in [3.05, 3.63) is 58.2 Å². The molecule has 15 heteroatoms. The summed E-state index contributed by atoms with van der Waals surface area (Å²) >= 11 is 2.22. The number of oxime groups is 1. The first-order valence-corrected chi connectivity index (χ1v) is 12.5. The number of rotatable bonds is 8. The minimum absolute atomic E-state index is 0.0237. The van der Waals surface area contributed by atoms with Gasteiger partial charge in [0.1, 0.15) is 29.4 Å². The minimum atomic E-state index is -1.36. The number of carbonyl (C=O) groups is 5. The van der Waals surface area contributed by atoms with E-state index in [9.17, 15) is 29.1 Å². The molecule has 0 radical (unpaired) electrons. The van der Waals surface area contributed by atoms with Gasteiger partial charge in [-0.25, -0.2) is 14.6 Å². The summed E-state index contributed by atoms with van der Waals surface area (Å²) in [7, 11) is 0. The molecule has 1 aromatic heterocycles. The lowest BCUT2D eigenvalue weighted by Gasteiger charge is -2.49. The molecular formula is C22H19N5O8S2. The Hall–Kier alpha value is -4.24. The van der Waals surface area contributed by atoms with Gasteiger partial charge >= 0.3 is 17.9 Å². The fourth-order valence-electron chi connectivity index (χ4n) is 3.51. The van der Waals surface area contributed by atoms with Gasteiger partial charge in [-0.3, -0.25) is 19.3 Å². The van der Waals surface area contributed by atoms with Gasteiger partial charge in [0.2, 0.25) is 0 Å². The molecule has 1 saturated heterocycles. The molecule has 2 aliphatic rings. The number of aromatic nitrogens is 1. The van der Waals surface area contributed by atoms with Crippen LogP contribution >= 0.6 is 23.1 Å². The SMILES string of the molecule is CC(=O)OCC1=C(C(=O)O)N2C(=O)C(NC(=O)C(=NOC(=O)c3ccccc3)c3csc(N)n3)[C@H]2SC1. The van der Waals surface area contributed by atoms with Crippen molar-refractivity contribution >= 4 is 63.7 Å². The number of nitrogens with zero attached hydrogens (tertiary/aromatic N) is 3. The Bertz CT molecular complexity index is 1340. The fourth-order valence-corrected chi connectivity index (χ4v) is 5.38. The van der Waals surface area contributed by atoms with Crippen LogP contribution in [0.4, 0.5) is 5.13 Å². The zero-order chi connectivity index (χ0) is 26.7. The number of ether oxygens (including phenoxy) is 1. The number of amides is 2. The van der Waals surface area contributed by atoms with Crippen molar-refractivity contribution in [3.63, 3.8) is 0 Å². The third-order valence-electron chi connectivity index (χ3n) is 5.20. The van der Waals surface area contributed by atoms with Crippen molar-refractivity contribution in [3.8, 4) is 0 Å². The first kappa shape index (κ1) is 25.8. The van der Waals surface area contributed by atoms with Crippen LogP contribution in [-0.4, -0.2) is 74.2 Å². The zero-order valence-corrected chi connectivity index (χ0v) is 20.7. The number of anilines is 1. The Balaban J connectivity index is 1.53. The van der Waals surface area contributed by atoms with E-state index in [2.05, 4.69) is 15.5 Å². The lowest BCUT2D eigenvalue weighted by atomic mass is 10.0. The van der Waals surface area contributed by atoms with Crippen LogP contribution < -0.4 is 11.1 Å². The molecule has 2 amide bonds. The van der Waals surface area contributed by atoms with Crippen LogP contribution in [0.2, 0.25) is 0 Å². The van der Waals surface area contributed by atoms with Crippen molar-refractivity contribution in [2.45, 2.75) is 18.3 Å². The van der Waals surface area contributed by atoms with Crippen LogP contribution in [0.3, 0.4) is 0 Å². The number of β-lactam (4-membered cyclic amide) rings is 1. The van der Waals surface area contributed by atoms with Gasteiger partial charge in [-0.15, -0.1) is 23.1 Å². The number of thiazole rings is 1. The van der Waals surface area contributed by atoms with Gasteiger partial charge in [-0.2, -0.15) is 0 Å². The molecule has 0 bridgehead atoms. The molecule has 1 fully saturated rings. The highest BCUT2D eigenvalue weighted by Gasteiger charge is 2.54. The molecule has 1 unspecified atom stereocenters. The predicted octanol–water partition coefficient (Wildman–Crippen LogP) is 0.588.